The summed E-state index contributed by atoms with van der Waals surface area (Å²) in [6.07, 6.45) is 3.05. The number of amides is 1. The number of nitrogen functional groups attached to an aromatic ring is 1. The van der Waals surface area contributed by atoms with E-state index in [4.69, 9.17) is 5.73 Å². The maximum absolute atomic E-state index is 11.9. The quantitative estimate of drug-likeness (QED) is 0.817. The molecule has 2 aromatic rings. The van der Waals surface area contributed by atoms with Gasteiger partial charge >= 0.3 is 0 Å². The zero-order chi connectivity index (χ0) is 14.5. The van der Waals surface area contributed by atoms with Crippen LogP contribution in [0, 0.1) is 6.92 Å². The molecule has 0 radical (unpaired) electrons. The molecule has 0 atom stereocenters. The highest BCUT2D eigenvalue weighted by Gasteiger charge is 2.06. The summed E-state index contributed by atoms with van der Waals surface area (Å²) in [6.45, 7) is 2.17. The first-order valence-corrected chi connectivity index (χ1v) is 6.22. The van der Waals surface area contributed by atoms with Gasteiger partial charge in [0, 0.05) is 36.6 Å². The highest BCUT2D eigenvalue weighted by atomic mass is 16.1. The van der Waals surface area contributed by atoms with Crippen LogP contribution < -0.4 is 16.6 Å². The molecule has 6 heteroatoms. The van der Waals surface area contributed by atoms with Gasteiger partial charge < -0.3 is 11.1 Å². The van der Waals surface area contributed by atoms with Gasteiger partial charge in [0.25, 0.3) is 5.56 Å². The number of carbonyl (C=O) groups is 1. The minimum absolute atomic E-state index is 0.159. The largest absolute Gasteiger partial charge is 0.399 e. The minimum atomic E-state index is -0.170. The van der Waals surface area contributed by atoms with E-state index in [1.165, 1.54) is 23.2 Å². The summed E-state index contributed by atoms with van der Waals surface area (Å²) in [5.41, 5.74) is 7.76. The minimum Gasteiger partial charge on any atom is -0.399 e. The SMILES string of the molecule is Cc1cc(N)ccc1NC(=O)CCn1cnccc1=O. The molecule has 1 amide bonds. The van der Waals surface area contributed by atoms with Crippen molar-refractivity contribution in [3.8, 4) is 0 Å². The second-order valence-corrected chi connectivity index (χ2v) is 4.48. The summed E-state index contributed by atoms with van der Waals surface area (Å²) in [6, 6.07) is 6.65. The number of aromatic nitrogens is 2. The van der Waals surface area contributed by atoms with Crippen molar-refractivity contribution >= 4 is 17.3 Å². The zero-order valence-corrected chi connectivity index (χ0v) is 11.2. The van der Waals surface area contributed by atoms with Crippen molar-refractivity contribution < 1.29 is 4.79 Å². The number of hydrogen-bond acceptors (Lipinski definition) is 4. The number of benzene rings is 1. The van der Waals surface area contributed by atoms with Crippen LogP contribution in [-0.2, 0) is 11.3 Å². The molecule has 0 aliphatic heterocycles. The van der Waals surface area contributed by atoms with E-state index in [1.54, 1.807) is 18.2 Å². The van der Waals surface area contributed by atoms with Crippen molar-refractivity contribution in [2.75, 3.05) is 11.1 Å². The highest BCUT2D eigenvalue weighted by Crippen LogP contribution is 2.17. The number of nitrogens with two attached hydrogens (primary N) is 1. The molecule has 1 aromatic carbocycles. The number of rotatable bonds is 4. The van der Waals surface area contributed by atoms with Crippen molar-refractivity contribution in [2.24, 2.45) is 0 Å². The van der Waals surface area contributed by atoms with E-state index in [1.807, 2.05) is 6.92 Å². The average molecular weight is 272 g/mol. The Morgan fingerprint density at radius 1 is 1.40 bits per heavy atom. The molecule has 0 saturated heterocycles. The van der Waals surface area contributed by atoms with Crippen LogP contribution in [0.3, 0.4) is 0 Å². The number of carbonyl (C=O) groups excluding carboxylic acids is 1. The molecule has 6 nitrogen and oxygen atoms in total. The van der Waals surface area contributed by atoms with Crippen LogP contribution in [0.2, 0.25) is 0 Å². The molecule has 1 heterocycles. The fourth-order valence-corrected chi connectivity index (χ4v) is 1.81. The molecule has 0 aliphatic rings. The van der Waals surface area contributed by atoms with E-state index in [-0.39, 0.29) is 17.9 Å². The van der Waals surface area contributed by atoms with Crippen molar-refractivity contribution in [1.29, 1.82) is 0 Å². The molecule has 0 spiro atoms. The Morgan fingerprint density at radius 2 is 2.20 bits per heavy atom. The van der Waals surface area contributed by atoms with Crippen molar-refractivity contribution in [1.82, 2.24) is 9.55 Å². The second kappa shape index (κ2) is 6.01. The van der Waals surface area contributed by atoms with Gasteiger partial charge in [0.1, 0.15) is 0 Å². The first-order chi connectivity index (χ1) is 9.56. The van der Waals surface area contributed by atoms with Crippen LogP contribution in [0.1, 0.15) is 12.0 Å². The van der Waals surface area contributed by atoms with E-state index < -0.39 is 0 Å². The van der Waals surface area contributed by atoms with E-state index in [2.05, 4.69) is 10.3 Å². The lowest BCUT2D eigenvalue weighted by Gasteiger charge is -2.09. The van der Waals surface area contributed by atoms with E-state index in [0.717, 1.165) is 11.3 Å². The number of anilines is 2. The third-order valence-electron chi connectivity index (χ3n) is 2.90. The van der Waals surface area contributed by atoms with E-state index in [9.17, 15) is 9.59 Å². The molecule has 3 N–H and O–H groups in total. The maximum atomic E-state index is 11.9. The van der Waals surface area contributed by atoms with Crippen LogP contribution in [-0.4, -0.2) is 15.5 Å². The fraction of sp³-hybridized carbons (Fsp3) is 0.214. The average Bonchev–Trinajstić information content (AvgIpc) is 2.41. The lowest BCUT2D eigenvalue weighted by atomic mass is 10.2. The summed E-state index contributed by atoms with van der Waals surface area (Å²) >= 11 is 0. The zero-order valence-electron chi connectivity index (χ0n) is 11.2. The van der Waals surface area contributed by atoms with Gasteiger partial charge in [-0.3, -0.25) is 14.2 Å². The fourth-order valence-electron chi connectivity index (χ4n) is 1.81. The van der Waals surface area contributed by atoms with Crippen LogP contribution >= 0.6 is 0 Å². The molecule has 0 aliphatic carbocycles. The van der Waals surface area contributed by atoms with Gasteiger partial charge in [0.05, 0.1) is 6.33 Å². The van der Waals surface area contributed by atoms with Gasteiger partial charge in [-0.25, -0.2) is 4.98 Å². The Bertz CT molecular complexity index is 679. The van der Waals surface area contributed by atoms with Gasteiger partial charge in [0.15, 0.2) is 0 Å². The lowest BCUT2D eigenvalue weighted by Crippen LogP contribution is -2.22. The molecule has 1 aromatic heterocycles. The van der Waals surface area contributed by atoms with E-state index in [0.29, 0.717) is 12.2 Å². The van der Waals surface area contributed by atoms with Crippen LogP contribution in [0.15, 0.2) is 41.6 Å². The molecular weight excluding hydrogens is 256 g/mol. The number of nitrogens with one attached hydrogen (secondary N) is 1. The lowest BCUT2D eigenvalue weighted by molar-refractivity contribution is -0.116. The smallest absolute Gasteiger partial charge is 0.253 e. The van der Waals surface area contributed by atoms with Gasteiger partial charge in [-0.05, 0) is 30.7 Å². The molecule has 0 unspecified atom stereocenters. The van der Waals surface area contributed by atoms with Gasteiger partial charge in [-0.2, -0.15) is 0 Å². The van der Waals surface area contributed by atoms with Crippen LogP contribution in [0.4, 0.5) is 11.4 Å². The molecule has 0 fully saturated rings. The number of hydrogen-bond donors (Lipinski definition) is 2. The Labute approximate surface area is 116 Å². The van der Waals surface area contributed by atoms with Crippen molar-refractivity contribution in [3.63, 3.8) is 0 Å². The summed E-state index contributed by atoms with van der Waals surface area (Å²) in [5.74, 6) is -0.159. The third-order valence-corrected chi connectivity index (χ3v) is 2.90. The standard InChI is InChI=1S/C14H16N4O2/c1-10-8-11(15)2-3-12(10)17-13(19)5-7-18-9-16-6-4-14(18)20/h2-4,6,8-9H,5,7,15H2,1H3,(H,17,19). The van der Waals surface area contributed by atoms with Gasteiger partial charge in [-0.1, -0.05) is 0 Å². The maximum Gasteiger partial charge on any atom is 0.253 e. The molecule has 0 bridgehead atoms. The van der Waals surface area contributed by atoms with E-state index >= 15 is 0 Å². The Hall–Kier alpha value is -2.63. The normalized spacial score (nSPS) is 10.2. The van der Waals surface area contributed by atoms with Gasteiger partial charge in [-0.15, -0.1) is 0 Å². The predicted molar refractivity (Wildman–Crippen MR) is 77.3 cm³/mol. The van der Waals surface area contributed by atoms with Crippen LogP contribution in [0.25, 0.3) is 0 Å². The second-order valence-electron chi connectivity index (χ2n) is 4.48. The summed E-state index contributed by atoms with van der Waals surface area (Å²) < 4.78 is 1.40. The Morgan fingerprint density at radius 3 is 2.90 bits per heavy atom. The van der Waals surface area contributed by atoms with Crippen molar-refractivity contribution in [2.45, 2.75) is 19.9 Å². The Balaban J connectivity index is 1.96. The molecule has 2 rings (SSSR count). The van der Waals surface area contributed by atoms with Gasteiger partial charge in [0.2, 0.25) is 5.91 Å². The third kappa shape index (κ3) is 3.44. The monoisotopic (exact) mass is 272 g/mol. The number of nitrogens with zero attached hydrogens (tertiary/aromatic N) is 2. The van der Waals surface area contributed by atoms with Crippen LogP contribution in [0.5, 0.6) is 0 Å². The topological polar surface area (TPSA) is 90.0 Å². The van der Waals surface area contributed by atoms with Crippen molar-refractivity contribution in [3.05, 3.63) is 52.7 Å². The molecule has 104 valence electrons. The Kier molecular flexibility index (Phi) is 4.14. The first-order valence-electron chi connectivity index (χ1n) is 6.22. The number of aryl methyl sites for hydroxylation is 2. The molecular formula is C14H16N4O2. The molecule has 20 heavy (non-hydrogen) atoms. The summed E-state index contributed by atoms with van der Waals surface area (Å²) in [4.78, 5) is 27.2. The molecule has 0 saturated carbocycles. The highest BCUT2D eigenvalue weighted by molar-refractivity contribution is 5.91. The first kappa shape index (κ1) is 13.8. The summed E-state index contributed by atoms with van der Waals surface area (Å²) in [5, 5.41) is 2.80. The predicted octanol–water partition coefficient (Wildman–Crippen LogP) is 1.16. The summed E-state index contributed by atoms with van der Waals surface area (Å²) in [7, 11) is 0.